The van der Waals surface area contributed by atoms with Gasteiger partial charge in [0.1, 0.15) is 0 Å². The molecule has 0 spiro atoms. The largest absolute Gasteiger partial charge is 0.519 e. The molecule has 0 aromatic heterocycles. The molecule has 1 radical (unpaired) electrons. The second kappa shape index (κ2) is 6.21. The average molecular weight is 372 g/mol. The Kier molecular flexibility index (Phi) is 5.21. The Bertz CT molecular complexity index is 494. The monoisotopic (exact) mass is 371 g/mol. The van der Waals surface area contributed by atoms with Gasteiger partial charge in [0, 0.05) is 19.3 Å². The number of hydrogen-bond donors (Lipinski definition) is 0. The Morgan fingerprint density at radius 3 is 2.08 bits per heavy atom. The summed E-state index contributed by atoms with van der Waals surface area (Å²) in [6.07, 6.45) is 2.95. The minimum atomic E-state index is -2.13. The third-order valence-electron chi connectivity index (χ3n) is 7.18. The summed E-state index contributed by atoms with van der Waals surface area (Å²) in [7, 11) is -0.214. The van der Waals surface area contributed by atoms with Crippen molar-refractivity contribution in [2.75, 3.05) is 14.2 Å². The van der Waals surface area contributed by atoms with E-state index in [1.165, 1.54) is 0 Å². The second-order valence-corrected chi connectivity index (χ2v) is 16.7. The number of carbonyl (C=O) groups is 1. The van der Waals surface area contributed by atoms with Crippen LogP contribution in [0.4, 0.5) is 0 Å². The molecule has 4 atom stereocenters. The van der Waals surface area contributed by atoms with Gasteiger partial charge in [-0.25, -0.2) is 0 Å². The average Bonchev–Trinajstić information content (AvgIpc) is 2.91. The Morgan fingerprint density at radius 1 is 1.12 bits per heavy atom. The van der Waals surface area contributed by atoms with Crippen molar-refractivity contribution in [2.45, 2.75) is 77.1 Å². The third-order valence-corrected chi connectivity index (χ3v) is 14.0. The number of rotatable bonds is 5. The number of hydrogen-bond acceptors (Lipinski definition) is 4. The molecule has 0 saturated heterocycles. The van der Waals surface area contributed by atoms with Crippen LogP contribution in [-0.4, -0.2) is 37.8 Å². The van der Waals surface area contributed by atoms with Crippen LogP contribution in [0.25, 0.3) is 0 Å². The van der Waals surface area contributed by atoms with Crippen molar-refractivity contribution in [1.29, 1.82) is 0 Å². The lowest BCUT2D eigenvalue weighted by Gasteiger charge is -2.47. The molecule has 0 amide bonds. The van der Waals surface area contributed by atoms with Crippen molar-refractivity contribution in [3.63, 3.8) is 0 Å². The Labute approximate surface area is 150 Å². The fourth-order valence-corrected chi connectivity index (χ4v) is 8.05. The summed E-state index contributed by atoms with van der Waals surface area (Å²) >= 11 is 0. The summed E-state index contributed by atoms with van der Waals surface area (Å²) in [5.74, 6) is 1.19. The quantitative estimate of drug-likeness (QED) is 0.667. The smallest absolute Gasteiger partial charge is 0.392 e. The van der Waals surface area contributed by atoms with Crippen LogP contribution in [-0.2, 0) is 18.1 Å². The van der Waals surface area contributed by atoms with Gasteiger partial charge in [-0.2, -0.15) is 0 Å². The minimum absolute atomic E-state index is 0.0138. The van der Waals surface area contributed by atoms with Gasteiger partial charge in [0.25, 0.3) is 14.3 Å². The van der Waals surface area contributed by atoms with E-state index in [-0.39, 0.29) is 16.0 Å². The zero-order valence-corrected chi connectivity index (χ0v) is 18.9. The highest BCUT2D eigenvalue weighted by Gasteiger charge is 2.71. The van der Waals surface area contributed by atoms with Gasteiger partial charge >= 0.3 is 9.28 Å². The number of carbonyl (C=O) groups excluding carboxylic acids is 1. The van der Waals surface area contributed by atoms with E-state index in [0.29, 0.717) is 11.8 Å². The van der Waals surface area contributed by atoms with Gasteiger partial charge in [-0.15, -0.1) is 0 Å². The normalized spacial score (nSPS) is 36.4. The summed E-state index contributed by atoms with van der Waals surface area (Å²) in [5, 5.41) is -0.155. The van der Waals surface area contributed by atoms with E-state index >= 15 is 0 Å². The first kappa shape index (κ1) is 20.1. The van der Waals surface area contributed by atoms with E-state index in [9.17, 15) is 4.79 Å². The summed E-state index contributed by atoms with van der Waals surface area (Å²) in [6, 6.07) is 0. The van der Waals surface area contributed by atoms with Crippen LogP contribution in [0.15, 0.2) is 0 Å². The van der Waals surface area contributed by atoms with Gasteiger partial charge in [-0.1, -0.05) is 27.7 Å². The number of fused-ring (bicyclic) bond motifs is 2. The fraction of sp³-hybridized carbons (Fsp3) is 0.944. The fourth-order valence-electron chi connectivity index (χ4n) is 4.53. The summed E-state index contributed by atoms with van der Waals surface area (Å²) in [4.78, 5) is 13.4. The maximum absolute atomic E-state index is 13.4. The van der Waals surface area contributed by atoms with E-state index in [2.05, 4.69) is 47.7 Å². The van der Waals surface area contributed by atoms with Crippen molar-refractivity contribution >= 4 is 23.6 Å². The van der Waals surface area contributed by atoms with Gasteiger partial charge in [0.15, 0.2) is 0 Å². The molecule has 2 saturated carbocycles. The minimum Gasteiger partial charge on any atom is -0.519 e. The van der Waals surface area contributed by atoms with Crippen LogP contribution in [0, 0.1) is 17.3 Å². The highest BCUT2D eigenvalue weighted by Crippen LogP contribution is 2.72. The molecular formula is C18H35O4Si2. The molecule has 2 rings (SSSR count). The van der Waals surface area contributed by atoms with Gasteiger partial charge in [-0.3, -0.25) is 4.79 Å². The molecule has 0 N–H and O–H groups in total. The van der Waals surface area contributed by atoms with Gasteiger partial charge in [-0.05, 0) is 56.2 Å². The Morgan fingerprint density at radius 2 is 1.67 bits per heavy atom. The van der Waals surface area contributed by atoms with Crippen molar-refractivity contribution in [3.05, 3.63) is 0 Å². The van der Waals surface area contributed by atoms with E-state index < -0.39 is 23.0 Å². The molecule has 0 aliphatic heterocycles. The first-order valence-electron chi connectivity index (χ1n) is 9.03. The summed E-state index contributed by atoms with van der Waals surface area (Å²) in [6.45, 7) is 15.2. The van der Waals surface area contributed by atoms with Crippen LogP contribution < -0.4 is 0 Å². The maximum Gasteiger partial charge on any atom is 0.392 e. The van der Waals surface area contributed by atoms with Crippen LogP contribution in [0.3, 0.4) is 0 Å². The lowest BCUT2D eigenvalue weighted by Crippen LogP contribution is -2.53. The molecule has 2 aliphatic carbocycles. The molecular weight excluding hydrogens is 336 g/mol. The van der Waals surface area contributed by atoms with Crippen molar-refractivity contribution in [2.24, 2.45) is 17.3 Å². The van der Waals surface area contributed by atoms with E-state index in [1.807, 2.05) is 0 Å². The zero-order chi connectivity index (χ0) is 18.6. The van der Waals surface area contributed by atoms with Gasteiger partial charge < -0.3 is 13.3 Å². The highest BCUT2D eigenvalue weighted by atomic mass is 28.4. The first-order chi connectivity index (χ1) is 10.8. The van der Waals surface area contributed by atoms with Gasteiger partial charge in [0.2, 0.25) is 0 Å². The van der Waals surface area contributed by atoms with E-state index in [0.717, 1.165) is 19.3 Å². The van der Waals surface area contributed by atoms with Crippen molar-refractivity contribution in [1.82, 2.24) is 0 Å². The molecule has 24 heavy (non-hydrogen) atoms. The second-order valence-electron chi connectivity index (χ2n) is 9.61. The maximum atomic E-state index is 13.4. The zero-order valence-electron chi connectivity index (χ0n) is 16.9. The third kappa shape index (κ3) is 2.83. The highest BCUT2D eigenvalue weighted by molar-refractivity contribution is 6.75. The molecule has 4 nitrogen and oxygen atoms in total. The molecule has 0 aromatic carbocycles. The van der Waals surface area contributed by atoms with Crippen LogP contribution in [0.2, 0.25) is 23.2 Å². The van der Waals surface area contributed by atoms with Crippen molar-refractivity contribution < 1.29 is 18.1 Å². The Hall–Kier alpha value is -0.176. The van der Waals surface area contributed by atoms with E-state index in [1.54, 1.807) is 14.2 Å². The predicted molar refractivity (Wildman–Crippen MR) is 100 cm³/mol. The summed E-state index contributed by atoms with van der Waals surface area (Å²) < 4.78 is 17.8. The van der Waals surface area contributed by atoms with Crippen LogP contribution >= 0.6 is 0 Å². The Balaban J connectivity index is 2.35. The molecule has 0 heterocycles. The molecule has 139 valence electrons. The molecule has 6 heteroatoms. The van der Waals surface area contributed by atoms with E-state index in [4.69, 9.17) is 13.3 Å². The molecule has 2 bridgehead atoms. The SMILES string of the molecule is CO[Si](OC)C12CC(C)C(CC1(C)C(=O)O[Si](C)(C)C(C)(C)C)C2. The van der Waals surface area contributed by atoms with Crippen LogP contribution in [0.1, 0.15) is 53.9 Å². The molecule has 2 aliphatic rings. The van der Waals surface area contributed by atoms with Crippen molar-refractivity contribution in [3.8, 4) is 0 Å². The molecule has 4 unspecified atom stereocenters. The standard InChI is InChI=1S/C18H35O4Si2/c1-13-10-18(23(20-6)21-7)12-14(13)11-17(18,5)15(19)22-24(8,9)16(2,3)4/h13-14H,10-12H2,1-9H3. The van der Waals surface area contributed by atoms with Crippen LogP contribution in [0.5, 0.6) is 0 Å². The summed E-state index contributed by atoms with van der Waals surface area (Å²) in [5.41, 5.74) is -0.486. The molecule has 2 fully saturated rings. The van der Waals surface area contributed by atoms with Gasteiger partial charge in [0.05, 0.1) is 5.41 Å². The lowest BCUT2D eigenvalue weighted by atomic mass is 9.71. The lowest BCUT2D eigenvalue weighted by molar-refractivity contribution is -0.149. The topological polar surface area (TPSA) is 44.8 Å². The molecule has 0 aromatic rings. The predicted octanol–water partition coefficient (Wildman–Crippen LogP) is 4.51. The first-order valence-corrected chi connectivity index (χ1v) is 13.3.